The minimum Gasteiger partial charge on any atom is -0.449 e. The molecule has 1 fully saturated rings. The highest BCUT2D eigenvalue weighted by molar-refractivity contribution is 9.10. The van der Waals surface area contributed by atoms with Crippen molar-refractivity contribution in [3.8, 4) is 0 Å². The molecule has 1 saturated carbocycles. The number of nitrogens with one attached hydrogen (secondary N) is 3. The van der Waals surface area contributed by atoms with E-state index in [9.17, 15) is 14.4 Å². The first-order chi connectivity index (χ1) is 17.1. The minimum absolute atomic E-state index is 0.127. The summed E-state index contributed by atoms with van der Waals surface area (Å²) >= 11 is 21.7. The molecule has 1 aliphatic rings. The molecule has 3 amide bonds. The van der Waals surface area contributed by atoms with Gasteiger partial charge in [-0.1, -0.05) is 57.2 Å². The monoisotopic (exact) mass is 615 g/mol. The predicted octanol–water partition coefficient (Wildman–Crippen LogP) is 7.75. The van der Waals surface area contributed by atoms with E-state index in [0.29, 0.717) is 28.8 Å². The fourth-order valence-corrected chi connectivity index (χ4v) is 5.44. The molecule has 3 aromatic rings. The fraction of sp³-hybridized carbons (Fsp3) is 0.292. The van der Waals surface area contributed by atoms with Gasteiger partial charge in [0.1, 0.15) is 11.3 Å². The van der Waals surface area contributed by atoms with E-state index in [4.69, 9.17) is 44.0 Å². The van der Waals surface area contributed by atoms with Crippen molar-refractivity contribution >= 4 is 91.0 Å². The van der Waals surface area contributed by atoms with Crippen molar-refractivity contribution in [2.24, 2.45) is 0 Å². The van der Waals surface area contributed by atoms with Crippen LogP contribution in [0.1, 0.15) is 49.6 Å². The van der Waals surface area contributed by atoms with Gasteiger partial charge in [0.2, 0.25) is 5.76 Å². The van der Waals surface area contributed by atoms with Gasteiger partial charge in [0.05, 0.1) is 15.7 Å². The molecule has 0 unspecified atom stereocenters. The van der Waals surface area contributed by atoms with Gasteiger partial charge in [-0.05, 0) is 43.2 Å². The van der Waals surface area contributed by atoms with Gasteiger partial charge in [0.15, 0.2) is 5.72 Å². The lowest BCUT2D eigenvalue weighted by Gasteiger charge is -2.36. The average molecular weight is 618 g/mol. The van der Waals surface area contributed by atoms with Crippen LogP contribution < -0.4 is 16.0 Å². The smallest absolute Gasteiger partial charge is 0.323 e. The molecule has 0 atom stereocenters. The Morgan fingerprint density at radius 2 is 1.61 bits per heavy atom. The van der Waals surface area contributed by atoms with Crippen molar-refractivity contribution in [3.63, 3.8) is 0 Å². The predicted molar refractivity (Wildman–Crippen MR) is 143 cm³/mol. The number of fused-ring (bicyclic) bond motifs is 1. The Bertz CT molecular complexity index is 1330. The number of rotatable bonds is 5. The van der Waals surface area contributed by atoms with E-state index in [2.05, 4.69) is 31.9 Å². The molecule has 0 saturated heterocycles. The first kappa shape index (κ1) is 26.6. The van der Waals surface area contributed by atoms with Gasteiger partial charge in [0, 0.05) is 34.6 Å². The molecule has 0 aliphatic heterocycles. The van der Waals surface area contributed by atoms with E-state index < -0.39 is 23.6 Å². The topological polar surface area (TPSA) is 110 Å². The summed E-state index contributed by atoms with van der Waals surface area (Å²) in [7, 11) is 0. The number of ether oxygens (including phenoxy) is 1. The van der Waals surface area contributed by atoms with Crippen LogP contribution in [0.15, 0.2) is 39.2 Å². The SMILES string of the molecule is CC(=O)OC1(NC(=O)c2oc3cc(Br)ccc3c2NC(=O)Nc2c(Cl)cc(Cl)cc2Cl)CCCCC1. The molecule has 1 aromatic heterocycles. The second-order valence-electron chi connectivity index (χ2n) is 8.37. The highest BCUT2D eigenvalue weighted by atomic mass is 79.9. The Morgan fingerprint density at radius 1 is 0.972 bits per heavy atom. The van der Waals surface area contributed by atoms with Gasteiger partial charge in [-0.3, -0.25) is 9.59 Å². The van der Waals surface area contributed by atoms with Crippen molar-refractivity contribution < 1.29 is 23.5 Å². The molecular formula is C24H21BrCl3N3O5. The number of anilines is 2. The van der Waals surface area contributed by atoms with Crippen LogP contribution in [0.25, 0.3) is 11.0 Å². The van der Waals surface area contributed by atoms with Crippen LogP contribution in [0.3, 0.4) is 0 Å². The van der Waals surface area contributed by atoms with Crippen molar-refractivity contribution in [2.75, 3.05) is 10.6 Å². The summed E-state index contributed by atoms with van der Waals surface area (Å²) in [6.07, 6.45) is 3.50. The van der Waals surface area contributed by atoms with Crippen LogP contribution in [0.4, 0.5) is 16.2 Å². The minimum atomic E-state index is -1.15. The summed E-state index contributed by atoms with van der Waals surface area (Å²) in [5.74, 6) is -1.29. The number of furan rings is 1. The van der Waals surface area contributed by atoms with Crippen molar-refractivity contribution in [1.82, 2.24) is 5.32 Å². The van der Waals surface area contributed by atoms with Crippen molar-refractivity contribution in [2.45, 2.75) is 44.8 Å². The number of benzene rings is 2. The summed E-state index contributed by atoms with van der Waals surface area (Å²) in [5.41, 5.74) is -0.511. The second kappa shape index (κ2) is 10.9. The van der Waals surface area contributed by atoms with E-state index in [1.165, 1.54) is 19.1 Å². The first-order valence-electron chi connectivity index (χ1n) is 11.0. The quantitative estimate of drug-likeness (QED) is 0.200. The van der Waals surface area contributed by atoms with Crippen LogP contribution in [-0.4, -0.2) is 23.6 Å². The number of amides is 3. The number of halogens is 4. The summed E-state index contributed by atoms with van der Waals surface area (Å²) in [5, 5.41) is 9.14. The number of urea groups is 1. The highest BCUT2D eigenvalue weighted by Crippen LogP contribution is 2.37. The average Bonchev–Trinajstić information content (AvgIpc) is 3.13. The van der Waals surface area contributed by atoms with Crippen molar-refractivity contribution in [3.05, 3.63) is 55.6 Å². The van der Waals surface area contributed by atoms with E-state index in [1.54, 1.807) is 18.2 Å². The zero-order valence-electron chi connectivity index (χ0n) is 19.0. The molecule has 190 valence electrons. The molecule has 0 bridgehead atoms. The maximum absolute atomic E-state index is 13.4. The zero-order valence-corrected chi connectivity index (χ0v) is 22.8. The third-order valence-corrected chi connectivity index (χ3v) is 6.99. The zero-order chi connectivity index (χ0) is 26.0. The highest BCUT2D eigenvalue weighted by Gasteiger charge is 2.38. The Labute approximate surface area is 230 Å². The molecule has 0 spiro atoms. The molecular weight excluding hydrogens is 597 g/mol. The summed E-state index contributed by atoms with van der Waals surface area (Å²) < 4.78 is 12.1. The molecule has 3 N–H and O–H groups in total. The molecule has 4 rings (SSSR count). The van der Waals surface area contributed by atoms with E-state index in [1.807, 2.05) is 0 Å². The lowest BCUT2D eigenvalue weighted by Crippen LogP contribution is -2.52. The van der Waals surface area contributed by atoms with Crippen LogP contribution >= 0.6 is 50.7 Å². The second-order valence-corrected chi connectivity index (χ2v) is 10.5. The van der Waals surface area contributed by atoms with Gasteiger partial charge < -0.3 is 25.1 Å². The van der Waals surface area contributed by atoms with Crippen LogP contribution in [0.2, 0.25) is 15.1 Å². The molecule has 1 aliphatic carbocycles. The number of esters is 1. The van der Waals surface area contributed by atoms with Gasteiger partial charge >= 0.3 is 12.0 Å². The molecule has 8 nitrogen and oxygen atoms in total. The van der Waals surface area contributed by atoms with Crippen molar-refractivity contribution in [1.29, 1.82) is 0 Å². The largest absolute Gasteiger partial charge is 0.449 e. The molecule has 36 heavy (non-hydrogen) atoms. The van der Waals surface area contributed by atoms with Crippen LogP contribution in [0.5, 0.6) is 0 Å². The number of hydrogen-bond acceptors (Lipinski definition) is 5. The Morgan fingerprint density at radius 3 is 2.25 bits per heavy atom. The number of carbonyl (C=O) groups is 3. The van der Waals surface area contributed by atoms with Crippen LogP contribution in [0, 0.1) is 0 Å². The maximum atomic E-state index is 13.4. The van der Waals surface area contributed by atoms with E-state index in [0.717, 1.165) is 23.7 Å². The van der Waals surface area contributed by atoms with E-state index >= 15 is 0 Å². The standard InChI is InChI=1S/C24H21BrCl3N3O5/c1-12(32)36-24(7-3-2-4-8-24)31-22(33)21-19(15-6-5-13(25)9-18(15)35-21)29-23(34)30-20-16(27)10-14(26)11-17(20)28/h5-6,9-11H,2-4,7-8H2,1H3,(H,31,33)(H2,29,30,34). The normalized spacial score (nSPS) is 14.8. The maximum Gasteiger partial charge on any atom is 0.323 e. The van der Waals surface area contributed by atoms with Gasteiger partial charge in [0.25, 0.3) is 5.91 Å². The van der Waals surface area contributed by atoms with Gasteiger partial charge in [-0.15, -0.1) is 0 Å². The Kier molecular flexibility index (Phi) is 8.04. The molecule has 12 heteroatoms. The molecule has 0 radical (unpaired) electrons. The lowest BCUT2D eigenvalue weighted by molar-refractivity contribution is -0.163. The number of hydrogen-bond donors (Lipinski definition) is 3. The Balaban J connectivity index is 1.66. The molecule has 1 heterocycles. The third kappa shape index (κ3) is 5.91. The van der Waals surface area contributed by atoms with Crippen LogP contribution in [-0.2, 0) is 9.53 Å². The third-order valence-electron chi connectivity index (χ3n) is 5.68. The lowest BCUT2D eigenvalue weighted by atomic mass is 9.91. The van der Waals surface area contributed by atoms with E-state index in [-0.39, 0.29) is 27.2 Å². The summed E-state index contributed by atoms with van der Waals surface area (Å²) in [6, 6.07) is 7.27. The summed E-state index contributed by atoms with van der Waals surface area (Å²) in [6.45, 7) is 1.30. The van der Waals surface area contributed by atoms with Gasteiger partial charge in [-0.2, -0.15) is 0 Å². The molecule has 2 aromatic carbocycles. The Hall–Kier alpha value is -2.46. The fourth-order valence-electron chi connectivity index (χ4n) is 4.19. The van der Waals surface area contributed by atoms with Gasteiger partial charge in [-0.25, -0.2) is 4.79 Å². The number of carbonyl (C=O) groups excluding carboxylic acids is 3. The first-order valence-corrected chi connectivity index (χ1v) is 13.0. The summed E-state index contributed by atoms with van der Waals surface area (Å²) in [4.78, 5) is 38.1.